The molecule has 5 rings (SSSR count). The lowest BCUT2D eigenvalue weighted by Gasteiger charge is -2.30. The largest absolute Gasteiger partial charge is 0.573 e. The number of hydrogen-bond acceptors (Lipinski definition) is 6. The molecule has 0 saturated carbocycles. The summed E-state index contributed by atoms with van der Waals surface area (Å²) in [6, 6.07) is 23.8. The van der Waals surface area contributed by atoms with Gasteiger partial charge in [0.15, 0.2) is 0 Å². The van der Waals surface area contributed by atoms with Crippen LogP contribution in [0.5, 0.6) is 11.5 Å². The summed E-state index contributed by atoms with van der Waals surface area (Å²) in [4.78, 5) is 38.6. The Morgan fingerprint density at radius 2 is 1.61 bits per heavy atom. The standard InChI is InChI=1S/C33H29F3N4O4/c1-3-43-26-17-13-25(14-18-26)40-31(38-29-10-5-4-9-28(29)32(40)42)22(2)39(21-24-8-6-7-19-37-24)30(41)20-23-11-15-27(16-12-23)44-33(34,35)36/h4-19,22H,3,20-21H2,1-2H3/t22-/m1/s1. The monoisotopic (exact) mass is 602 g/mol. The highest BCUT2D eigenvalue weighted by atomic mass is 19.4. The number of benzene rings is 3. The van der Waals surface area contributed by atoms with E-state index in [9.17, 15) is 22.8 Å². The molecule has 0 fully saturated rings. The molecule has 0 unspecified atom stereocenters. The van der Waals surface area contributed by atoms with E-state index in [2.05, 4.69) is 9.72 Å². The summed E-state index contributed by atoms with van der Waals surface area (Å²) < 4.78 is 48.9. The summed E-state index contributed by atoms with van der Waals surface area (Å²) in [5.74, 6) is 0.253. The molecule has 0 N–H and O–H groups in total. The van der Waals surface area contributed by atoms with Gasteiger partial charge in [0.1, 0.15) is 17.3 Å². The van der Waals surface area contributed by atoms with Gasteiger partial charge < -0.3 is 14.4 Å². The topological polar surface area (TPSA) is 86.6 Å². The van der Waals surface area contributed by atoms with Crippen molar-refractivity contribution in [3.05, 3.63) is 125 Å². The second kappa shape index (κ2) is 13.0. The molecule has 8 nitrogen and oxygen atoms in total. The molecule has 3 aromatic carbocycles. The Morgan fingerprint density at radius 1 is 0.932 bits per heavy atom. The second-order valence-electron chi connectivity index (χ2n) is 9.94. The Hall–Kier alpha value is -5.19. The van der Waals surface area contributed by atoms with E-state index < -0.39 is 12.4 Å². The van der Waals surface area contributed by atoms with Gasteiger partial charge in [0.2, 0.25) is 5.91 Å². The van der Waals surface area contributed by atoms with Crippen LogP contribution in [0.4, 0.5) is 13.2 Å². The number of carbonyl (C=O) groups excluding carboxylic acids is 1. The molecule has 1 amide bonds. The number of hydrogen-bond donors (Lipinski definition) is 0. The number of rotatable bonds is 10. The zero-order valence-corrected chi connectivity index (χ0v) is 24.0. The number of nitrogens with zero attached hydrogens (tertiary/aromatic N) is 4. The lowest BCUT2D eigenvalue weighted by Crippen LogP contribution is -2.38. The Kier molecular flexibility index (Phi) is 8.94. The third-order valence-electron chi connectivity index (χ3n) is 6.94. The van der Waals surface area contributed by atoms with Gasteiger partial charge in [0.25, 0.3) is 5.56 Å². The van der Waals surface area contributed by atoms with Crippen LogP contribution >= 0.6 is 0 Å². The van der Waals surface area contributed by atoms with Crippen LogP contribution in [0.15, 0.2) is 102 Å². The van der Waals surface area contributed by atoms with E-state index in [0.717, 1.165) is 12.1 Å². The molecule has 0 radical (unpaired) electrons. The summed E-state index contributed by atoms with van der Waals surface area (Å²) in [6.07, 6.45) is -3.32. The van der Waals surface area contributed by atoms with Crippen molar-refractivity contribution >= 4 is 16.8 Å². The number of ether oxygens (including phenoxy) is 2. The van der Waals surface area contributed by atoms with E-state index in [1.54, 1.807) is 84.8 Å². The normalized spacial score (nSPS) is 12.1. The zero-order valence-electron chi connectivity index (χ0n) is 24.0. The number of alkyl halides is 3. The maximum Gasteiger partial charge on any atom is 0.573 e. The van der Waals surface area contributed by atoms with E-state index in [1.807, 2.05) is 6.92 Å². The summed E-state index contributed by atoms with van der Waals surface area (Å²) in [6.45, 7) is 4.25. The van der Waals surface area contributed by atoms with E-state index in [1.165, 1.54) is 16.7 Å². The fourth-order valence-corrected chi connectivity index (χ4v) is 4.87. The van der Waals surface area contributed by atoms with Crippen molar-refractivity contribution in [3.8, 4) is 17.2 Å². The van der Waals surface area contributed by atoms with Crippen LogP contribution < -0.4 is 15.0 Å². The highest BCUT2D eigenvalue weighted by Crippen LogP contribution is 2.27. The maximum atomic E-state index is 13.9. The van der Waals surface area contributed by atoms with E-state index in [-0.39, 0.29) is 30.2 Å². The van der Waals surface area contributed by atoms with Crippen LogP contribution in [0.2, 0.25) is 0 Å². The first-order valence-electron chi connectivity index (χ1n) is 13.9. The first kappa shape index (κ1) is 30.3. The van der Waals surface area contributed by atoms with Gasteiger partial charge in [-0.3, -0.25) is 19.1 Å². The van der Waals surface area contributed by atoms with Crippen LogP contribution in [0, 0.1) is 0 Å². The fraction of sp³-hybridized carbons (Fsp3) is 0.212. The Balaban J connectivity index is 1.56. The molecule has 2 aromatic heterocycles. The molecule has 226 valence electrons. The van der Waals surface area contributed by atoms with E-state index in [0.29, 0.717) is 46.0 Å². The lowest BCUT2D eigenvalue weighted by atomic mass is 10.1. The number of para-hydroxylation sites is 1. The molecule has 11 heteroatoms. The Morgan fingerprint density at radius 3 is 2.27 bits per heavy atom. The predicted octanol–water partition coefficient (Wildman–Crippen LogP) is 6.41. The van der Waals surface area contributed by atoms with Gasteiger partial charge in [-0.2, -0.15) is 0 Å². The van der Waals surface area contributed by atoms with Crippen LogP contribution in [-0.4, -0.2) is 38.3 Å². The van der Waals surface area contributed by atoms with Gasteiger partial charge in [0.05, 0.1) is 47.9 Å². The molecule has 0 saturated heterocycles. The van der Waals surface area contributed by atoms with Crippen molar-refractivity contribution in [1.29, 1.82) is 0 Å². The predicted molar refractivity (Wildman–Crippen MR) is 159 cm³/mol. The summed E-state index contributed by atoms with van der Waals surface area (Å²) in [7, 11) is 0. The molecular formula is C33H29F3N4O4. The minimum absolute atomic E-state index is 0.0993. The highest BCUT2D eigenvalue weighted by Gasteiger charge is 2.31. The van der Waals surface area contributed by atoms with Crippen LogP contribution in [0.1, 0.15) is 37.0 Å². The SMILES string of the molecule is CCOc1ccc(-n2c([C@@H](C)N(Cc3ccccn3)C(=O)Cc3ccc(OC(F)(F)F)cc3)nc3ccccc3c2=O)cc1. The molecule has 0 aliphatic heterocycles. The highest BCUT2D eigenvalue weighted by molar-refractivity contribution is 5.80. The average molecular weight is 603 g/mol. The van der Waals surface area contributed by atoms with Gasteiger partial charge in [-0.05, 0) is 80.1 Å². The molecule has 1 atom stereocenters. The fourth-order valence-electron chi connectivity index (χ4n) is 4.87. The average Bonchev–Trinajstić information content (AvgIpc) is 3.01. The van der Waals surface area contributed by atoms with Gasteiger partial charge in [-0.25, -0.2) is 4.98 Å². The third kappa shape index (κ3) is 7.05. The number of aromatic nitrogens is 3. The molecule has 0 aliphatic rings. The van der Waals surface area contributed by atoms with Crippen molar-refractivity contribution in [3.63, 3.8) is 0 Å². The zero-order chi connectivity index (χ0) is 31.3. The van der Waals surface area contributed by atoms with Crippen LogP contribution in [-0.2, 0) is 17.8 Å². The summed E-state index contributed by atoms with van der Waals surface area (Å²) >= 11 is 0. The Labute approximate surface area is 251 Å². The molecule has 0 bridgehead atoms. The molecule has 2 heterocycles. The van der Waals surface area contributed by atoms with E-state index >= 15 is 0 Å². The quantitative estimate of drug-likeness (QED) is 0.184. The first-order chi connectivity index (χ1) is 21.1. The number of fused-ring (bicyclic) bond motifs is 1. The van der Waals surface area contributed by atoms with Crippen molar-refractivity contribution in [2.45, 2.75) is 39.2 Å². The summed E-state index contributed by atoms with van der Waals surface area (Å²) in [5.41, 5.74) is 1.82. The number of pyridine rings is 1. The van der Waals surface area contributed by atoms with Crippen LogP contribution in [0.3, 0.4) is 0 Å². The van der Waals surface area contributed by atoms with Crippen molar-refractivity contribution in [2.24, 2.45) is 0 Å². The van der Waals surface area contributed by atoms with Gasteiger partial charge in [-0.1, -0.05) is 30.3 Å². The first-order valence-corrected chi connectivity index (χ1v) is 13.9. The molecular weight excluding hydrogens is 573 g/mol. The molecule has 0 aliphatic carbocycles. The van der Waals surface area contributed by atoms with Crippen molar-refractivity contribution in [2.75, 3.05) is 6.61 Å². The smallest absolute Gasteiger partial charge is 0.494 e. The van der Waals surface area contributed by atoms with Crippen molar-refractivity contribution in [1.82, 2.24) is 19.4 Å². The maximum absolute atomic E-state index is 13.9. The minimum Gasteiger partial charge on any atom is -0.494 e. The van der Waals surface area contributed by atoms with Crippen molar-refractivity contribution < 1.29 is 27.4 Å². The molecule has 44 heavy (non-hydrogen) atoms. The van der Waals surface area contributed by atoms with Gasteiger partial charge >= 0.3 is 6.36 Å². The number of amides is 1. The summed E-state index contributed by atoms with van der Waals surface area (Å²) in [5, 5.41) is 0.418. The third-order valence-corrected chi connectivity index (χ3v) is 6.94. The van der Waals surface area contributed by atoms with Gasteiger partial charge in [0, 0.05) is 6.20 Å². The number of carbonyl (C=O) groups is 1. The molecule has 5 aromatic rings. The Bertz CT molecular complexity index is 1790. The molecule has 0 spiro atoms. The lowest BCUT2D eigenvalue weighted by molar-refractivity contribution is -0.274. The minimum atomic E-state index is -4.82. The van der Waals surface area contributed by atoms with Gasteiger partial charge in [-0.15, -0.1) is 13.2 Å². The second-order valence-corrected chi connectivity index (χ2v) is 9.94. The number of halogens is 3. The van der Waals surface area contributed by atoms with E-state index in [4.69, 9.17) is 9.72 Å². The van der Waals surface area contributed by atoms with Crippen LogP contribution in [0.25, 0.3) is 16.6 Å².